The molecule has 0 saturated carbocycles. The van der Waals surface area contributed by atoms with Crippen molar-refractivity contribution in [3.63, 3.8) is 0 Å². The Kier molecular flexibility index (Phi) is 16.8. The highest BCUT2D eigenvalue weighted by molar-refractivity contribution is 6.33. The molecule has 3 aliphatic rings. The van der Waals surface area contributed by atoms with E-state index in [2.05, 4.69) is 61.0 Å². The van der Waals surface area contributed by atoms with Crippen LogP contribution < -0.4 is 10.6 Å². The molecule has 2 aromatic heterocycles. The summed E-state index contributed by atoms with van der Waals surface area (Å²) in [5.74, 6) is -0.428. The van der Waals surface area contributed by atoms with Gasteiger partial charge in [0, 0.05) is 25.4 Å². The molecule has 312 valence electrons. The van der Waals surface area contributed by atoms with Gasteiger partial charge in [0.2, 0.25) is 0 Å². The van der Waals surface area contributed by atoms with E-state index in [1.165, 1.54) is 31.6 Å². The monoisotopic (exact) mass is 788 g/mol. The smallest absolute Gasteiger partial charge is 0.305 e. The summed E-state index contributed by atoms with van der Waals surface area (Å²) in [4.78, 5) is 82.9. The lowest BCUT2D eigenvalue weighted by Crippen LogP contribution is -2.44. The van der Waals surface area contributed by atoms with Crippen LogP contribution in [0.2, 0.25) is 0 Å². The summed E-state index contributed by atoms with van der Waals surface area (Å²) in [5.41, 5.74) is 1.97. The van der Waals surface area contributed by atoms with Crippen LogP contribution in [-0.2, 0) is 32.0 Å². The van der Waals surface area contributed by atoms with E-state index >= 15 is 0 Å². The largest absolute Gasteiger partial charge is 0.469 e. The third-order valence-electron chi connectivity index (χ3n) is 11.2. The summed E-state index contributed by atoms with van der Waals surface area (Å²) in [5, 5.41) is 5.71. The number of hydrogen-bond donors (Lipinski definition) is 2. The van der Waals surface area contributed by atoms with Gasteiger partial charge in [-0.2, -0.15) is 0 Å². The first-order valence-electron chi connectivity index (χ1n) is 20.4. The number of aromatic nitrogens is 2. The van der Waals surface area contributed by atoms with Crippen LogP contribution in [0.1, 0.15) is 145 Å². The van der Waals surface area contributed by atoms with Gasteiger partial charge in [-0.15, -0.1) is 0 Å². The lowest BCUT2D eigenvalue weighted by Gasteiger charge is -2.24. The standard InChI is InChI=1S/C22H32N4O4.C15H17N3O2.C6H15N/c1-6-15-12-16(20(28)23-11-9-7-8-10-17(27)30-5)18(24-13-15)19-25-21(29)22(4,26-19)14(2)3;1-5-9-6-10-11(16-7-9)12-17-15(4,8(2)3)14(20)18(12)13(10)19;1-4-7(5-2)6-3/h12-14H,6-11H2,1-5H3,(H,23,28)(H,25,26,29);6-8H,5H2,1-4H3;4-6H2,1-3H3. The Morgan fingerprint density at radius 2 is 1.40 bits per heavy atom. The van der Waals surface area contributed by atoms with Crippen LogP contribution in [-0.4, -0.2) is 105 Å². The van der Waals surface area contributed by atoms with Gasteiger partial charge in [-0.1, -0.05) is 68.7 Å². The number of hydrogen-bond acceptors (Lipinski definition) is 11. The van der Waals surface area contributed by atoms with E-state index in [1.807, 2.05) is 47.6 Å². The molecule has 2 N–H and O–H groups in total. The molecule has 2 atom stereocenters. The average molecular weight is 789 g/mol. The van der Waals surface area contributed by atoms with E-state index in [4.69, 9.17) is 0 Å². The fourth-order valence-corrected chi connectivity index (χ4v) is 6.28. The van der Waals surface area contributed by atoms with Gasteiger partial charge >= 0.3 is 5.97 Å². The molecule has 57 heavy (non-hydrogen) atoms. The molecule has 4 amide bonds. The second kappa shape index (κ2) is 20.5. The van der Waals surface area contributed by atoms with Crippen molar-refractivity contribution < 1.29 is 28.7 Å². The predicted octanol–water partition coefficient (Wildman–Crippen LogP) is 5.55. The van der Waals surface area contributed by atoms with E-state index in [1.54, 1.807) is 32.3 Å². The molecular formula is C43H64N8O6. The summed E-state index contributed by atoms with van der Waals surface area (Å²) in [6.45, 7) is 25.9. The number of fused-ring (bicyclic) bond motifs is 3. The molecule has 14 nitrogen and oxygen atoms in total. The Morgan fingerprint density at radius 3 is 1.91 bits per heavy atom. The zero-order valence-corrected chi connectivity index (χ0v) is 36.2. The zero-order chi connectivity index (χ0) is 42.7. The number of ether oxygens (including phenoxy) is 1. The summed E-state index contributed by atoms with van der Waals surface area (Å²) in [6.07, 6.45) is 7.66. The molecule has 2 aromatic rings. The summed E-state index contributed by atoms with van der Waals surface area (Å²) < 4.78 is 4.62. The highest BCUT2D eigenvalue weighted by Crippen LogP contribution is 2.37. The number of methoxy groups -OCH3 is 1. The Morgan fingerprint density at radius 1 is 0.825 bits per heavy atom. The van der Waals surface area contributed by atoms with E-state index in [0.717, 1.165) is 43.2 Å². The molecule has 0 aliphatic carbocycles. The number of esters is 1. The SMILES string of the molecule is CCN(CC)CC.CCc1cnc(C2=NC(C)(C(C)C)C(=O)N2)c(C(=O)NCCCCCC(=O)OC)c1.CCc1cnc2c(c1)C(=O)N1C(=O)C(C)(C(C)C)N=C21. The normalized spacial score (nSPS) is 19.4. The van der Waals surface area contributed by atoms with Gasteiger partial charge < -0.3 is 20.3 Å². The van der Waals surface area contributed by atoms with Gasteiger partial charge in [0.1, 0.15) is 22.5 Å². The maximum atomic E-state index is 12.9. The van der Waals surface area contributed by atoms with E-state index in [0.29, 0.717) is 47.2 Å². The van der Waals surface area contributed by atoms with Crippen molar-refractivity contribution >= 4 is 41.3 Å². The molecule has 2 unspecified atom stereocenters. The first kappa shape index (κ1) is 46.5. The number of carbonyl (C=O) groups excluding carboxylic acids is 5. The third-order valence-corrected chi connectivity index (χ3v) is 11.2. The number of imide groups is 1. The second-order valence-electron chi connectivity index (χ2n) is 15.3. The highest BCUT2D eigenvalue weighted by atomic mass is 16.5. The van der Waals surface area contributed by atoms with Crippen molar-refractivity contribution in [3.8, 4) is 0 Å². The molecule has 5 rings (SSSR count). The Labute approximate surface area is 338 Å². The van der Waals surface area contributed by atoms with Crippen LogP contribution in [0.25, 0.3) is 0 Å². The van der Waals surface area contributed by atoms with Gasteiger partial charge in [0.05, 0.1) is 18.2 Å². The third kappa shape index (κ3) is 10.6. The summed E-state index contributed by atoms with van der Waals surface area (Å²) in [6, 6.07) is 3.61. The van der Waals surface area contributed by atoms with Crippen molar-refractivity contribution in [2.75, 3.05) is 33.3 Å². The number of rotatable bonds is 15. The molecule has 5 heterocycles. The molecule has 0 bridgehead atoms. The van der Waals surface area contributed by atoms with Gasteiger partial charge in [-0.3, -0.25) is 33.9 Å². The van der Waals surface area contributed by atoms with Gasteiger partial charge in [0.15, 0.2) is 11.7 Å². The van der Waals surface area contributed by atoms with Crippen molar-refractivity contribution in [2.24, 2.45) is 21.8 Å². The molecule has 14 heteroatoms. The predicted molar refractivity (Wildman–Crippen MR) is 222 cm³/mol. The quantitative estimate of drug-likeness (QED) is 0.133. The van der Waals surface area contributed by atoms with Gasteiger partial charge in [-0.25, -0.2) is 14.9 Å². The van der Waals surface area contributed by atoms with E-state index in [9.17, 15) is 24.0 Å². The number of unbranched alkanes of at least 4 members (excludes halogenated alkanes) is 2. The first-order valence-corrected chi connectivity index (χ1v) is 20.4. The number of aliphatic imine (C=N–C) groups is 2. The minimum absolute atomic E-state index is 0.00665. The average Bonchev–Trinajstić information content (AvgIpc) is 3.78. The fraction of sp³-hybridized carbons (Fsp3) is 0.605. The fourth-order valence-electron chi connectivity index (χ4n) is 6.28. The van der Waals surface area contributed by atoms with E-state index in [-0.39, 0.29) is 41.4 Å². The van der Waals surface area contributed by atoms with Crippen molar-refractivity contribution in [2.45, 2.75) is 126 Å². The van der Waals surface area contributed by atoms with Gasteiger partial charge in [0.25, 0.3) is 23.6 Å². The van der Waals surface area contributed by atoms with Crippen LogP contribution >= 0.6 is 0 Å². The number of amides is 4. The number of pyridine rings is 2. The van der Waals surface area contributed by atoms with Crippen LogP contribution in [0.5, 0.6) is 0 Å². The second-order valence-corrected chi connectivity index (χ2v) is 15.3. The molecule has 3 aliphatic heterocycles. The van der Waals surface area contributed by atoms with Crippen LogP contribution in [0.4, 0.5) is 0 Å². The zero-order valence-electron chi connectivity index (χ0n) is 36.2. The molecule has 0 aromatic carbocycles. The van der Waals surface area contributed by atoms with Crippen molar-refractivity contribution in [1.82, 2.24) is 30.4 Å². The molecular weight excluding hydrogens is 725 g/mol. The Bertz CT molecular complexity index is 1850. The number of carbonyl (C=O) groups is 5. The van der Waals surface area contributed by atoms with Crippen LogP contribution in [0, 0.1) is 11.8 Å². The molecule has 0 radical (unpaired) electrons. The van der Waals surface area contributed by atoms with Crippen molar-refractivity contribution in [3.05, 3.63) is 58.2 Å². The topological polar surface area (TPSA) is 176 Å². The summed E-state index contributed by atoms with van der Waals surface area (Å²) >= 11 is 0. The lowest BCUT2D eigenvalue weighted by molar-refractivity contribution is -0.140. The molecule has 0 fully saturated rings. The van der Waals surface area contributed by atoms with Crippen LogP contribution in [0.3, 0.4) is 0 Å². The molecule has 0 saturated heterocycles. The number of aryl methyl sites for hydroxylation is 2. The Hall–Kier alpha value is -4.85. The van der Waals surface area contributed by atoms with Crippen molar-refractivity contribution in [1.29, 1.82) is 0 Å². The molecule has 0 spiro atoms. The summed E-state index contributed by atoms with van der Waals surface area (Å²) in [7, 11) is 1.37. The maximum Gasteiger partial charge on any atom is 0.305 e. The minimum atomic E-state index is -0.881. The minimum Gasteiger partial charge on any atom is -0.469 e. The lowest BCUT2D eigenvalue weighted by atomic mass is 9.88. The van der Waals surface area contributed by atoms with E-state index < -0.39 is 11.1 Å². The number of nitrogens with zero attached hydrogens (tertiary/aromatic N) is 6. The van der Waals surface area contributed by atoms with Gasteiger partial charge in [-0.05, 0) is 94.3 Å². The Balaban J connectivity index is 0.000000275. The number of nitrogens with one attached hydrogen (secondary N) is 2. The highest BCUT2D eigenvalue weighted by Gasteiger charge is 2.54. The first-order chi connectivity index (χ1) is 27.0. The van der Waals surface area contributed by atoms with Crippen LogP contribution in [0.15, 0.2) is 34.5 Å². The number of amidine groups is 2. The maximum absolute atomic E-state index is 12.9.